The maximum atomic E-state index is 5.44. The molecule has 0 radical (unpaired) electrons. The van der Waals surface area contributed by atoms with Crippen LogP contribution in [0.3, 0.4) is 0 Å². The van der Waals surface area contributed by atoms with E-state index in [0.29, 0.717) is 0 Å². The molecular formula is C17H10N4S. The number of hydrogen-bond donors (Lipinski definition) is 0. The Kier molecular flexibility index (Phi) is 2.95. The van der Waals surface area contributed by atoms with E-state index in [1.165, 1.54) is 11.1 Å². The standard InChI is InChI=1S/C12H7N3S.C5H3N/c1-2-9-5-8-16-12(9)10-4-7-15-11(14-10)3-6-13-15;1-4-2-6-3-5(1)4/h1,3-8H;1-3H. The van der Waals surface area contributed by atoms with Crippen molar-refractivity contribution in [3.63, 3.8) is 0 Å². The fourth-order valence-corrected chi connectivity index (χ4v) is 2.94. The monoisotopic (exact) mass is 302 g/mol. The summed E-state index contributed by atoms with van der Waals surface area (Å²) in [5.41, 5.74) is 5.25. The number of aromatic nitrogens is 4. The number of rotatable bonds is 1. The van der Waals surface area contributed by atoms with Crippen LogP contribution in [0.15, 0.2) is 54.4 Å². The molecular weight excluding hydrogens is 292 g/mol. The molecule has 0 saturated carbocycles. The summed E-state index contributed by atoms with van der Waals surface area (Å²) in [4.78, 5) is 9.39. The van der Waals surface area contributed by atoms with E-state index in [1.54, 1.807) is 22.0 Å². The van der Waals surface area contributed by atoms with Gasteiger partial charge in [-0.05, 0) is 23.6 Å². The number of nitrogens with zero attached hydrogens (tertiary/aromatic N) is 4. The topological polar surface area (TPSA) is 43.1 Å². The van der Waals surface area contributed by atoms with Crippen LogP contribution in [0.25, 0.3) is 27.3 Å². The lowest BCUT2D eigenvalue weighted by atomic mass is 10.2. The van der Waals surface area contributed by atoms with Gasteiger partial charge in [-0.25, -0.2) is 9.50 Å². The molecule has 3 aromatic rings. The van der Waals surface area contributed by atoms with Crippen LogP contribution in [0.5, 0.6) is 0 Å². The van der Waals surface area contributed by atoms with E-state index in [1.807, 2.05) is 42.2 Å². The number of fused-ring (bicyclic) bond motifs is 2. The van der Waals surface area contributed by atoms with E-state index in [9.17, 15) is 0 Å². The van der Waals surface area contributed by atoms with E-state index in [0.717, 1.165) is 21.8 Å². The number of pyridine rings is 1. The molecule has 0 unspecified atom stereocenters. The third kappa shape index (κ3) is 2.26. The molecule has 0 aromatic carbocycles. The van der Waals surface area contributed by atoms with Crippen molar-refractivity contribution >= 4 is 17.0 Å². The Morgan fingerprint density at radius 1 is 1.14 bits per heavy atom. The van der Waals surface area contributed by atoms with Gasteiger partial charge in [0, 0.05) is 41.3 Å². The van der Waals surface area contributed by atoms with Gasteiger partial charge in [0.05, 0.1) is 16.8 Å². The Morgan fingerprint density at radius 3 is 2.68 bits per heavy atom. The minimum atomic E-state index is 0.828. The van der Waals surface area contributed by atoms with Crippen LogP contribution in [0.1, 0.15) is 5.56 Å². The van der Waals surface area contributed by atoms with Crippen LogP contribution in [0.4, 0.5) is 0 Å². The van der Waals surface area contributed by atoms with Crippen molar-refractivity contribution in [1.82, 2.24) is 19.6 Å². The van der Waals surface area contributed by atoms with E-state index >= 15 is 0 Å². The Bertz CT molecular complexity index is 989. The summed E-state index contributed by atoms with van der Waals surface area (Å²) in [6, 6.07) is 7.83. The summed E-state index contributed by atoms with van der Waals surface area (Å²) in [5.74, 6) is 2.66. The van der Waals surface area contributed by atoms with Crippen LogP contribution in [0.2, 0.25) is 0 Å². The quantitative estimate of drug-likeness (QED) is 0.445. The van der Waals surface area contributed by atoms with Crippen molar-refractivity contribution in [1.29, 1.82) is 0 Å². The highest BCUT2D eigenvalue weighted by Crippen LogP contribution is 2.30. The van der Waals surface area contributed by atoms with Gasteiger partial charge in [-0.3, -0.25) is 4.98 Å². The summed E-state index contributed by atoms with van der Waals surface area (Å²) in [6.07, 6.45) is 12.8. The molecule has 104 valence electrons. The zero-order chi connectivity index (χ0) is 14.9. The van der Waals surface area contributed by atoms with Crippen molar-refractivity contribution in [2.24, 2.45) is 0 Å². The van der Waals surface area contributed by atoms with Gasteiger partial charge in [-0.1, -0.05) is 5.92 Å². The molecule has 3 aromatic heterocycles. The molecule has 0 bridgehead atoms. The summed E-state index contributed by atoms with van der Waals surface area (Å²) in [6.45, 7) is 0. The summed E-state index contributed by atoms with van der Waals surface area (Å²) in [7, 11) is 0. The van der Waals surface area contributed by atoms with Gasteiger partial charge >= 0.3 is 0 Å². The molecule has 0 N–H and O–H groups in total. The molecule has 0 atom stereocenters. The van der Waals surface area contributed by atoms with Gasteiger partial charge in [-0.15, -0.1) is 17.8 Å². The predicted octanol–water partition coefficient (Wildman–Crippen LogP) is 3.50. The second kappa shape index (κ2) is 5.10. The fourth-order valence-electron chi connectivity index (χ4n) is 2.11. The van der Waals surface area contributed by atoms with Gasteiger partial charge in [0.25, 0.3) is 0 Å². The Balaban J connectivity index is 0.000000172. The van der Waals surface area contributed by atoms with Gasteiger partial charge in [0.15, 0.2) is 5.65 Å². The van der Waals surface area contributed by atoms with Crippen molar-refractivity contribution in [3.8, 4) is 34.0 Å². The first-order valence-corrected chi connectivity index (χ1v) is 7.53. The largest absolute Gasteiger partial charge is 0.263 e. The molecule has 1 aliphatic heterocycles. The van der Waals surface area contributed by atoms with Gasteiger partial charge in [0.2, 0.25) is 0 Å². The summed E-state index contributed by atoms with van der Waals surface area (Å²) in [5, 5.41) is 6.08. The van der Waals surface area contributed by atoms with Crippen molar-refractivity contribution in [3.05, 3.63) is 60.0 Å². The molecule has 22 heavy (non-hydrogen) atoms. The van der Waals surface area contributed by atoms with Crippen LogP contribution < -0.4 is 0 Å². The van der Waals surface area contributed by atoms with Gasteiger partial charge < -0.3 is 0 Å². The third-order valence-corrected chi connectivity index (χ3v) is 4.24. The molecule has 4 heterocycles. The van der Waals surface area contributed by atoms with Crippen molar-refractivity contribution < 1.29 is 0 Å². The van der Waals surface area contributed by atoms with Crippen LogP contribution in [-0.4, -0.2) is 19.6 Å². The molecule has 0 saturated heterocycles. The van der Waals surface area contributed by atoms with E-state index < -0.39 is 0 Å². The summed E-state index contributed by atoms with van der Waals surface area (Å²) >= 11 is 1.60. The van der Waals surface area contributed by atoms with E-state index in [4.69, 9.17) is 6.42 Å². The van der Waals surface area contributed by atoms with Gasteiger partial charge in [-0.2, -0.15) is 5.10 Å². The predicted molar refractivity (Wildman–Crippen MR) is 87.5 cm³/mol. The van der Waals surface area contributed by atoms with E-state index in [2.05, 4.69) is 27.1 Å². The SMILES string of the molecule is C#Cc1ccsc1-c1ccn2nccc2n1.c1ncc2cc1-2. The smallest absolute Gasteiger partial charge is 0.155 e. The first-order chi connectivity index (χ1) is 10.8. The lowest BCUT2D eigenvalue weighted by molar-refractivity contribution is 0.941. The van der Waals surface area contributed by atoms with Crippen LogP contribution >= 0.6 is 11.3 Å². The van der Waals surface area contributed by atoms with Crippen molar-refractivity contribution in [2.45, 2.75) is 0 Å². The highest BCUT2D eigenvalue weighted by Gasteiger charge is 2.09. The molecule has 5 heteroatoms. The van der Waals surface area contributed by atoms with Crippen LogP contribution in [-0.2, 0) is 0 Å². The highest BCUT2D eigenvalue weighted by atomic mass is 32.1. The second-order valence-corrected chi connectivity index (χ2v) is 5.63. The first-order valence-electron chi connectivity index (χ1n) is 6.65. The average Bonchev–Trinajstić information content (AvgIpc) is 3.03. The minimum Gasteiger partial charge on any atom is -0.263 e. The molecule has 0 amide bonds. The lowest BCUT2D eigenvalue weighted by Crippen LogP contribution is -1.91. The molecule has 5 rings (SSSR count). The van der Waals surface area contributed by atoms with Gasteiger partial charge in [0.1, 0.15) is 0 Å². The molecule has 4 nitrogen and oxygen atoms in total. The molecule has 0 fully saturated rings. The van der Waals surface area contributed by atoms with Crippen molar-refractivity contribution in [2.75, 3.05) is 0 Å². The molecule has 1 aliphatic carbocycles. The first kappa shape index (κ1) is 12.7. The summed E-state index contributed by atoms with van der Waals surface area (Å²) < 4.78 is 1.73. The third-order valence-electron chi connectivity index (χ3n) is 3.30. The zero-order valence-electron chi connectivity index (χ0n) is 11.5. The Labute approximate surface area is 131 Å². The number of hydrogen-bond acceptors (Lipinski definition) is 4. The molecule has 2 aliphatic rings. The fraction of sp³-hybridized carbons (Fsp3) is 0. The Morgan fingerprint density at radius 2 is 2.00 bits per heavy atom. The highest BCUT2D eigenvalue weighted by molar-refractivity contribution is 7.13. The van der Waals surface area contributed by atoms with E-state index in [-0.39, 0.29) is 0 Å². The zero-order valence-corrected chi connectivity index (χ0v) is 12.3. The average molecular weight is 302 g/mol. The Hall–Kier alpha value is -2.97. The second-order valence-electron chi connectivity index (χ2n) is 4.72. The number of thiophene rings is 1. The normalized spacial score (nSPS) is 10.7. The lowest BCUT2D eigenvalue weighted by Gasteiger charge is -1.99. The molecule has 0 spiro atoms. The number of terminal acetylenes is 1. The maximum Gasteiger partial charge on any atom is 0.155 e. The maximum absolute atomic E-state index is 5.44. The minimum absolute atomic E-state index is 0.828. The van der Waals surface area contributed by atoms with Crippen LogP contribution in [0, 0.1) is 12.3 Å².